The first kappa shape index (κ1) is 29.8. The second-order valence-electron chi connectivity index (χ2n) is 11.3. The van der Waals surface area contributed by atoms with Crippen molar-refractivity contribution in [2.75, 3.05) is 58.5 Å². The molecule has 228 valence electrons. The first-order chi connectivity index (χ1) is 19.9. The van der Waals surface area contributed by atoms with Gasteiger partial charge in [-0.15, -0.1) is 0 Å². The van der Waals surface area contributed by atoms with Crippen LogP contribution >= 0.6 is 0 Å². The van der Waals surface area contributed by atoms with Crippen molar-refractivity contribution in [2.45, 2.75) is 51.4 Å². The van der Waals surface area contributed by atoms with E-state index < -0.39 is 39.1 Å². The number of rotatable bonds is 9. The molecule has 2 aliphatic heterocycles. The lowest BCUT2D eigenvalue weighted by atomic mass is 9.93. The van der Waals surface area contributed by atoms with E-state index in [2.05, 4.69) is 10.0 Å². The lowest BCUT2D eigenvalue weighted by molar-refractivity contribution is -0.140. The van der Waals surface area contributed by atoms with E-state index in [1.807, 2.05) is 4.90 Å². The Kier molecular flexibility index (Phi) is 8.19. The van der Waals surface area contributed by atoms with Gasteiger partial charge in [0.05, 0.1) is 16.9 Å². The zero-order valence-electron chi connectivity index (χ0n) is 23.4. The summed E-state index contributed by atoms with van der Waals surface area (Å²) in [4.78, 5) is 39.8. The van der Waals surface area contributed by atoms with Crippen molar-refractivity contribution in [3.8, 4) is 0 Å². The lowest BCUT2D eigenvalue weighted by Gasteiger charge is -2.35. The van der Waals surface area contributed by atoms with Gasteiger partial charge in [0.1, 0.15) is 18.0 Å². The Morgan fingerprint density at radius 1 is 1.00 bits per heavy atom. The number of piperidine rings is 2. The minimum absolute atomic E-state index is 0.00313. The maximum Gasteiger partial charge on any atom is 0.302 e. The number of carbonyl (C=O) groups is 2. The van der Waals surface area contributed by atoms with Crippen molar-refractivity contribution in [2.24, 2.45) is 5.41 Å². The van der Waals surface area contributed by atoms with Crippen molar-refractivity contribution in [1.82, 2.24) is 4.68 Å². The molecular weight excluding hydrogens is 572 g/mol. The Hall–Kier alpha value is -3.68. The fourth-order valence-electron chi connectivity index (χ4n) is 5.50. The minimum Gasteiger partial charge on any atom is -0.465 e. The van der Waals surface area contributed by atoms with Crippen LogP contribution in [0.4, 0.5) is 25.8 Å². The molecule has 2 saturated heterocycles. The average molecular weight is 608 g/mol. The fourth-order valence-corrected chi connectivity index (χ4v) is 6.39. The van der Waals surface area contributed by atoms with E-state index in [0.717, 1.165) is 12.8 Å². The second-order valence-corrected chi connectivity index (χ2v) is 13.2. The average Bonchev–Trinajstić information content (AvgIpc) is 3.68. The molecule has 1 aromatic carbocycles. The topological polar surface area (TPSA) is 130 Å². The minimum atomic E-state index is -3.84. The maximum absolute atomic E-state index is 13.6. The van der Waals surface area contributed by atoms with Crippen LogP contribution in [0.5, 0.6) is 0 Å². The van der Waals surface area contributed by atoms with E-state index in [1.165, 1.54) is 53.8 Å². The summed E-state index contributed by atoms with van der Waals surface area (Å²) >= 11 is 0. The van der Waals surface area contributed by atoms with E-state index in [4.69, 9.17) is 4.74 Å². The van der Waals surface area contributed by atoms with Crippen molar-refractivity contribution in [3.05, 3.63) is 52.4 Å². The van der Waals surface area contributed by atoms with Crippen molar-refractivity contribution >= 4 is 39.0 Å². The number of pyridine rings is 1. The summed E-state index contributed by atoms with van der Waals surface area (Å²) in [5.41, 5.74) is 0.859. The van der Waals surface area contributed by atoms with Crippen LogP contribution < -0.4 is 25.5 Å². The molecule has 1 aliphatic carbocycles. The highest BCUT2D eigenvalue weighted by atomic mass is 32.2. The molecule has 42 heavy (non-hydrogen) atoms. The van der Waals surface area contributed by atoms with Crippen molar-refractivity contribution < 1.29 is 31.5 Å². The summed E-state index contributed by atoms with van der Waals surface area (Å²) in [6, 6.07) is 7.59. The normalized spacial score (nSPS) is 19.3. The first-order valence-electron chi connectivity index (χ1n) is 14.0. The number of nitrogens with one attached hydrogen (secondary N) is 2. The Labute approximate surface area is 242 Å². The fraction of sp³-hybridized carbons (Fsp3) is 0.536. The Balaban J connectivity index is 1.37. The number of benzene rings is 1. The third-order valence-electron chi connectivity index (χ3n) is 8.25. The molecule has 3 aliphatic rings. The number of carbonyl (C=O) groups excluding carboxylic acids is 2. The lowest BCUT2D eigenvalue weighted by Crippen LogP contribution is -2.49. The number of hydrogen-bond acceptors (Lipinski definition) is 8. The predicted molar refractivity (Wildman–Crippen MR) is 154 cm³/mol. The summed E-state index contributed by atoms with van der Waals surface area (Å²) in [6.07, 6.45) is 5.05. The summed E-state index contributed by atoms with van der Waals surface area (Å²) in [7, 11) is -3.84. The number of aromatic nitrogens is 1. The number of amides is 1. The number of nitrogens with zero attached hydrogens (tertiary/aromatic N) is 3. The molecule has 1 aromatic heterocycles. The van der Waals surface area contributed by atoms with Gasteiger partial charge >= 0.3 is 5.97 Å². The number of hydrogen-bond donors (Lipinski definition) is 2. The molecule has 2 N–H and O–H groups in total. The number of alkyl halides is 2. The van der Waals surface area contributed by atoms with Crippen LogP contribution in [0.25, 0.3) is 0 Å². The van der Waals surface area contributed by atoms with Gasteiger partial charge in [0, 0.05) is 52.1 Å². The molecule has 1 spiro atoms. The predicted octanol–water partition coefficient (Wildman–Crippen LogP) is 3.15. The van der Waals surface area contributed by atoms with Crippen LogP contribution in [-0.2, 0) is 19.6 Å². The summed E-state index contributed by atoms with van der Waals surface area (Å²) < 4.78 is 60.9. The molecule has 0 bridgehead atoms. The SMILES string of the molecule is CC(=O)OCCS(=O)(=O)Nc1ccc(C(=O)Nc2cccn(N3CCC(F)(F)CC3)c2=O)c(N2CCC3(CC2)CC3)c1. The van der Waals surface area contributed by atoms with E-state index in [9.17, 15) is 31.6 Å². The Morgan fingerprint density at radius 3 is 2.33 bits per heavy atom. The van der Waals surface area contributed by atoms with Gasteiger partial charge in [-0.2, -0.15) is 0 Å². The third-order valence-corrected chi connectivity index (χ3v) is 9.50. The van der Waals surface area contributed by atoms with Crippen LogP contribution in [0.2, 0.25) is 0 Å². The Bertz CT molecular complexity index is 1500. The molecule has 3 fully saturated rings. The van der Waals surface area contributed by atoms with Gasteiger partial charge in [-0.3, -0.25) is 19.1 Å². The maximum atomic E-state index is 13.6. The molecule has 0 atom stereocenters. The van der Waals surface area contributed by atoms with Gasteiger partial charge in [-0.1, -0.05) is 0 Å². The molecule has 3 heterocycles. The molecule has 1 saturated carbocycles. The molecule has 5 rings (SSSR count). The molecule has 2 aromatic rings. The number of anilines is 3. The van der Waals surface area contributed by atoms with Crippen LogP contribution in [0.15, 0.2) is 41.3 Å². The van der Waals surface area contributed by atoms with Crippen LogP contribution in [0, 0.1) is 5.41 Å². The summed E-state index contributed by atoms with van der Waals surface area (Å²) in [5, 5.41) is 4.21. The number of ether oxygens (including phenoxy) is 1. The van der Waals surface area contributed by atoms with E-state index in [1.54, 1.807) is 12.1 Å². The zero-order valence-corrected chi connectivity index (χ0v) is 24.2. The highest BCUT2D eigenvalue weighted by Gasteiger charge is 2.44. The van der Waals surface area contributed by atoms with E-state index in [-0.39, 0.29) is 49.5 Å². The standard InChI is InChI=1S/C28H35F2N5O6S/c1-20(36)41-17-18-42(39,40)32-21-4-5-22(24(19-21)33-13-8-27(6-7-27)9-14-33)25(37)31-23-3-2-12-35(26(23)38)34-15-10-28(29,30)11-16-34/h2-5,12,19,32H,6-11,13-18H2,1H3,(H,31,37). The van der Waals surface area contributed by atoms with Crippen LogP contribution in [0.1, 0.15) is 55.8 Å². The monoisotopic (exact) mass is 607 g/mol. The highest BCUT2D eigenvalue weighted by molar-refractivity contribution is 7.92. The van der Waals surface area contributed by atoms with E-state index >= 15 is 0 Å². The quantitative estimate of drug-likeness (QED) is 0.416. The number of esters is 1. The smallest absolute Gasteiger partial charge is 0.302 e. The zero-order chi connectivity index (χ0) is 30.1. The van der Waals surface area contributed by atoms with Crippen molar-refractivity contribution in [1.29, 1.82) is 0 Å². The summed E-state index contributed by atoms with van der Waals surface area (Å²) in [6.45, 7) is 2.30. The Morgan fingerprint density at radius 2 is 1.69 bits per heavy atom. The largest absolute Gasteiger partial charge is 0.465 e. The third kappa shape index (κ3) is 7.02. The van der Waals surface area contributed by atoms with Crippen molar-refractivity contribution in [3.63, 3.8) is 0 Å². The van der Waals surface area contributed by atoms with E-state index in [0.29, 0.717) is 24.2 Å². The van der Waals surface area contributed by atoms with Gasteiger partial charge in [-0.05, 0) is 61.4 Å². The van der Waals surface area contributed by atoms with Gasteiger partial charge in [0.15, 0.2) is 0 Å². The van der Waals surface area contributed by atoms with Gasteiger partial charge in [-0.25, -0.2) is 21.9 Å². The molecule has 11 nitrogen and oxygen atoms in total. The van der Waals surface area contributed by atoms with Gasteiger partial charge < -0.3 is 20.0 Å². The summed E-state index contributed by atoms with van der Waals surface area (Å²) in [5.74, 6) is -4.32. The van der Waals surface area contributed by atoms with Crippen LogP contribution in [0.3, 0.4) is 0 Å². The van der Waals surface area contributed by atoms with Gasteiger partial charge in [0.2, 0.25) is 10.0 Å². The molecule has 1 amide bonds. The number of halogens is 2. The van der Waals surface area contributed by atoms with Crippen LogP contribution in [-0.4, -0.2) is 69.4 Å². The molecular formula is C28H35F2N5O6S. The number of sulfonamides is 1. The molecule has 0 radical (unpaired) electrons. The molecule has 0 unspecified atom stereocenters. The second kappa shape index (κ2) is 11.5. The van der Waals surface area contributed by atoms with Gasteiger partial charge in [0.25, 0.3) is 17.4 Å². The highest BCUT2D eigenvalue weighted by Crippen LogP contribution is 2.54. The molecule has 14 heteroatoms. The first-order valence-corrected chi connectivity index (χ1v) is 15.7.